The first-order valence-electron chi connectivity index (χ1n) is 7.05. The van der Waals surface area contributed by atoms with E-state index in [0.717, 1.165) is 17.8 Å². The normalized spacial score (nSPS) is 14.9. The van der Waals surface area contributed by atoms with Crippen LogP contribution in [0.3, 0.4) is 0 Å². The van der Waals surface area contributed by atoms with Crippen LogP contribution in [0.25, 0.3) is 0 Å². The first-order chi connectivity index (χ1) is 7.41. The maximum Gasteiger partial charge on any atom is -0.0322 e. The molecule has 0 aromatic carbocycles. The highest BCUT2D eigenvalue weighted by Gasteiger charge is 2.06. The summed E-state index contributed by atoms with van der Waals surface area (Å²) in [6.07, 6.45) is 9.24. The molecule has 0 fully saturated rings. The van der Waals surface area contributed by atoms with Crippen LogP contribution in [-0.2, 0) is 0 Å². The second-order valence-corrected chi connectivity index (χ2v) is 6.28. The predicted molar refractivity (Wildman–Crippen MR) is 75.7 cm³/mol. The summed E-state index contributed by atoms with van der Waals surface area (Å²) >= 11 is 0. The van der Waals surface area contributed by atoms with E-state index < -0.39 is 0 Å². The minimum atomic E-state index is 0.858. The molecule has 0 rings (SSSR count). The summed E-state index contributed by atoms with van der Waals surface area (Å²) in [6.45, 7) is 13.8. The maximum atomic E-state index is 2.41. The molecule has 2 unspecified atom stereocenters. The Kier molecular flexibility index (Phi) is 8.70. The van der Waals surface area contributed by atoms with Gasteiger partial charge in [0.15, 0.2) is 0 Å². The Morgan fingerprint density at radius 2 is 1.31 bits per heavy atom. The van der Waals surface area contributed by atoms with E-state index >= 15 is 0 Å². The van der Waals surface area contributed by atoms with E-state index in [1.54, 1.807) is 0 Å². The zero-order valence-corrected chi connectivity index (χ0v) is 12.3. The Morgan fingerprint density at radius 1 is 0.812 bits per heavy atom. The van der Waals surface area contributed by atoms with Gasteiger partial charge in [0.25, 0.3) is 0 Å². The minimum Gasteiger partial charge on any atom is -0.0856 e. The van der Waals surface area contributed by atoms with Crippen LogP contribution in [0.4, 0.5) is 0 Å². The molecule has 2 atom stereocenters. The lowest BCUT2D eigenvalue weighted by atomic mass is 9.91. The van der Waals surface area contributed by atoms with Gasteiger partial charge in [0, 0.05) is 0 Å². The van der Waals surface area contributed by atoms with Crippen LogP contribution < -0.4 is 0 Å². The highest BCUT2D eigenvalue weighted by atomic mass is 14.1. The number of hydrogen-bond donors (Lipinski definition) is 0. The maximum absolute atomic E-state index is 2.41. The van der Waals surface area contributed by atoms with Crippen molar-refractivity contribution in [3.63, 3.8) is 0 Å². The molecule has 0 saturated carbocycles. The molecule has 0 aromatic rings. The summed E-state index contributed by atoms with van der Waals surface area (Å²) < 4.78 is 0. The smallest absolute Gasteiger partial charge is 0.0322 e. The second kappa shape index (κ2) is 8.84. The molecule has 0 bridgehead atoms. The Labute approximate surface area is 104 Å². The summed E-state index contributed by atoms with van der Waals surface area (Å²) in [5.41, 5.74) is 1.46. The summed E-state index contributed by atoms with van der Waals surface area (Å²) in [5.74, 6) is 2.64. The summed E-state index contributed by atoms with van der Waals surface area (Å²) in [6, 6.07) is 0. The van der Waals surface area contributed by atoms with Crippen molar-refractivity contribution in [1.82, 2.24) is 0 Å². The molecular weight excluding hydrogens is 192 g/mol. The van der Waals surface area contributed by atoms with Crippen molar-refractivity contribution in [1.29, 1.82) is 0 Å². The third-order valence-electron chi connectivity index (χ3n) is 3.32. The van der Waals surface area contributed by atoms with Gasteiger partial charge in [-0.3, -0.25) is 0 Å². The molecule has 0 aromatic heterocycles. The molecule has 0 spiro atoms. The highest BCUT2D eigenvalue weighted by molar-refractivity contribution is 4.93. The SMILES string of the molecule is CC(C)=CCC(C)CCC(C)CCC(C)C. The fourth-order valence-electron chi connectivity index (χ4n) is 1.89. The molecule has 0 radical (unpaired) electrons. The molecule has 0 aliphatic heterocycles. The third kappa shape index (κ3) is 10.3. The van der Waals surface area contributed by atoms with Crippen molar-refractivity contribution in [3.05, 3.63) is 11.6 Å². The van der Waals surface area contributed by atoms with Crippen LogP contribution in [0.1, 0.15) is 73.6 Å². The lowest BCUT2D eigenvalue weighted by Gasteiger charge is -2.15. The van der Waals surface area contributed by atoms with Gasteiger partial charge in [-0.05, 0) is 38.0 Å². The van der Waals surface area contributed by atoms with Crippen LogP contribution >= 0.6 is 0 Å². The zero-order valence-electron chi connectivity index (χ0n) is 12.3. The molecule has 0 aliphatic rings. The fraction of sp³-hybridized carbons (Fsp3) is 0.875. The van der Waals surface area contributed by atoms with E-state index in [9.17, 15) is 0 Å². The van der Waals surface area contributed by atoms with E-state index in [1.165, 1.54) is 37.7 Å². The van der Waals surface area contributed by atoms with Gasteiger partial charge in [-0.25, -0.2) is 0 Å². The minimum absolute atomic E-state index is 0.858. The standard InChI is InChI=1S/C16H32/c1-13(2)7-9-15(5)11-12-16(6)10-8-14(3)4/h7,14-16H,8-12H2,1-6H3. The van der Waals surface area contributed by atoms with E-state index in [0.29, 0.717) is 0 Å². The molecule has 0 saturated heterocycles. The molecule has 0 nitrogen and oxygen atoms in total. The largest absolute Gasteiger partial charge is 0.0856 e. The molecule has 16 heavy (non-hydrogen) atoms. The Balaban J connectivity index is 3.58. The van der Waals surface area contributed by atoms with Crippen molar-refractivity contribution < 1.29 is 0 Å². The molecule has 0 amide bonds. The van der Waals surface area contributed by atoms with Crippen LogP contribution in [0.5, 0.6) is 0 Å². The summed E-state index contributed by atoms with van der Waals surface area (Å²) in [4.78, 5) is 0. The second-order valence-electron chi connectivity index (χ2n) is 6.28. The monoisotopic (exact) mass is 224 g/mol. The van der Waals surface area contributed by atoms with Crippen molar-refractivity contribution >= 4 is 0 Å². The molecule has 96 valence electrons. The first kappa shape index (κ1) is 15.7. The topological polar surface area (TPSA) is 0 Å². The summed E-state index contributed by atoms with van der Waals surface area (Å²) in [5, 5.41) is 0. The lowest BCUT2D eigenvalue weighted by molar-refractivity contribution is 0.384. The van der Waals surface area contributed by atoms with Crippen molar-refractivity contribution in [2.75, 3.05) is 0 Å². The number of allylic oxidation sites excluding steroid dienone is 2. The van der Waals surface area contributed by atoms with Gasteiger partial charge < -0.3 is 0 Å². The van der Waals surface area contributed by atoms with Gasteiger partial charge in [-0.2, -0.15) is 0 Å². The van der Waals surface area contributed by atoms with Crippen molar-refractivity contribution in [3.8, 4) is 0 Å². The molecule has 0 heterocycles. The summed E-state index contributed by atoms with van der Waals surface area (Å²) in [7, 11) is 0. The average Bonchev–Trinajstić information content (AvgIpc) is 2.20. The van der Waals surface area contributed by atoms with Gasteiger partial charge >= 0.3 is 0 Å². The average molecular weight is 224 g/mol. The highest BCUT2D eigenvalue weighted by Crippen LogP contribution is 2.21. The predicted octanol–water partition coefficient (Wildman–Crippen LogP) is 5.83. The van der Waals surface area contributed by atoms with Crippen molar-refractivity contribution in [2.24, 2.45) is 17.8 Å². The number of rotatable bonds is 8. The van der Waals surface area contributed by atoms with E-state index in [1.807, 2.05) is 0 Å². The van der Waals surface area contributed by atoms with Gasteiger partial charge in [0.1, 0.15) is 0 Å². The molecule has 0 heteroatoms. The first-order valence-corrected chi connectivity index (χ1v) is 7.05. The zero-order chi connectivity index (χ0) is 12.6. The Morgan fingerprint density at radius 3 is 1.81 bits per heavy atom. The van der Waals surface area contributed by atoms with E-state index in [4.69, 9.17) is 0 Å². The third-order valence-corrected chi connectivity index (χ3v) is 3.32. The van der Waals surface area contributed by atoms with Crippen LogP contribution in [0, 0.1) is 17.8 Å². The van der Waals surface area contributed by atoms with E-state index in [-0.39, 0.29) is 0 Å². The van der Waals surface area contributed by atoms with Gasteiger partial charge in [-0.1, -0.05) is 65.0 Å². The quantitative estimate of drug-likeness (QED) is 0.455. The van der Waals surface area contributed by atoms with Crippen LogP contribution in [-0.4, -0.2) is 0 Å². The van der Waals surface area contributed by atoms with Crippen LogP contribution in [0.15, 0.2) is 11.6 Å². The Hall–Kier alpha value is -0.260. The molecular formula is C16H32. The van der Waals surface area contributed by atoms with Gasteiger partial charge in [-0.15, -0.1) is 0 Å². The molecule has 0 aliphatic carbocycles. The fourth-order valence-corrected chi connectivity index (χ4v) is 1.89. The number of hydrogen-bond acceptors (Lipinski definition) is 0. The van der Waals surface area contributed by atoms with Crippen molar-refractivity contribution in [2.45, 2.75) is 73.6 Å². The van der Waals surface area contributed by atoms with Gasteiger partial charge in [0.05, 0.1) is 0 Å². The van der Waals surface area contributed by atoms with Crippen LogP contribution in [0.2, 0.25) is 0 Å². The van der Waals surface area contributed by atoms with Gasteiger partial charge in [0.2, 0.25) is 0 Å². The van der Waals surface area contributed by atoms with E-state index in [2.05, 4.69) is 47.6 Å². The lowest BCUT2D eigenvalue weighted by Crippen LogP contribution is -2.01. The Bertz CT molecular complexity index is 184. The molecule has 0 N–H and O–H groups in total.